The lowest BCUT2D eigenvalue weighted by Crippen LogP contribution is -1.93. The van der Waals surface area contributed by atoms with Gasteiger partial charge in [0.15, 0.2) is 5.69 Å². The molecule has 0 aliphatic heterocycles. The van der Waals surface area contributed by atoms with E-state index in [-0.39, 0.29) is 0 Å². The highest BCUT2D eigenvalue weighted by molar-refractivity contribution is 5.81. The third-order valence-corrected chi connectivity index (χ3v) is 2.89. The highest BCUT2D eigenvalue weighted by Crippen LogP contribution is 2.23. The van der Waals surface area contributed by atoms with Crippen LogP contribution in [0.3, 0.4) is 0 Å². The lowest BCUT2D eigenvalue weighted by atomic mass is 10.1. The SMILES string of the molecule is Cc1nc2ccc(-c3cc(C#N)nn3C)cc2[nH]1. The lowest BCUT2D eigenvalue weighted by molar-refractivity contribution is 0.771. The molecule has 3 aromatic rings. The second kappa shape index (κ2) is 3.70. The molecule has 0 fully saturated rings. The first-order valence-electron chi connectivity index (χ1n) is 5.58. The number of aryl methyl sites for hydroxylation is 2. The molecule has 5 nitrogen and oxygen atoms in total. The maximum atomic E-state index is 8.86. The molecule has 0 bridgehead atoms. The van der Waals surface area contributed by atoms with Crippen LogP contribution in [0, 0.1) is 18.3 Å². The first-order chi connectivity index (χ1) is 8.67. The van der Waals surface area contributed by atoms with E-state index in [9.17, 15) is 0 Å². The molecular weight excluding hydrogens is 226 g/mol. The average molecular weight is 237 g/mol. The molecule has 2 heterocycles. The number of rotatable bonds is 1. The van der Waals surface area contributed by atoms with Crippen LogP contribution in [0.25, 0.3) is 22.3 Å². The van der Waals surface area contributed by atoms with Crippen molar-refractivity contribution in [3.05, 3.63) is 35.8 Å². The Morgan fingerprint density at radius 3 is 2.89 bits per heavy atom. The molecule has 0 aliphatic carbocycles. The van der Waals surface area contributed by atoms with E-state index in [1.807, 2.05) is 38.2 Å². The van der Waals surface area contributed by atoms with Crippen molar-refractivity contribution in [3.63, 3.8) is 0 Å². The Balaban J connectivity index is 2.18. The summed E-state index contributed by atoms with van der Waals surface area (Å²) in [5, 5.41) is 13.0. The number of imidazole rings is 1. The molecule has 0 saturated carbocycles. The molecule has 0 radical (unpaired) electrons. The van der Waals surface area contributed by atoms with Crippen LogP contribution in [0.5, 0.6) is 0 Å². The van der Waals surface area contributed by atoms with E-state index in [2.05, 4.69) is 15.1 Å². The summed E-state index contributed by atoms with van der Waals surface area (Å²) in [6.45, 7) is 1.93. The number of aromatic nitrogens is 4. The highest BCUT2D eigenvalue weighted by atomic mass is 15.3. The van der Waals surface area contributed by atoms with Crippen LogP contribution in [0.15, 0.2) is 24.3 Å². The van der Waals surface area contributed by atoms with Gasteiger partial charge in [-0.25, -0.2) is 4.98 Å². The smallest absolute Gasteiger partial charge is 0.163 e. The Kier molecular flexibility index (Phi) is 2.17. The molecule has 0 atom stereocenters. The summed E-state index contributed by atoms with van der Waals surface area (Å²) in [4.78, 5) is 7.56. The zero-order chi connectivity index (χ0) is 12.7. The van der Waals surface area contributed by atoms with Gasteiger partial charge in [0.05, 0.1) is 16.7 Å². The summed E-state index contributed by atoms with van der Waals surface area (Å²) in [5.41, 5.74) is 4.29. The Morgan fingerprint density at radius 1 is 1.33 bits per heavy atom. The summed E-state index contributed by atoms with van der Waals surface area (Å²) >= 11 is 0. The molecule has 0 aliphatic rings. The fourth-order valence-corrected chi connectivity index (χ4v) is 2.09. The third kappa shape index (κ3) is 1.55. The zero-order valence-electron chi connectivity index (χ0n) is 10.1. The number of benzene rings is 1. The predicted octanol–water partition coefficient (Wildman–Crippen LogP) is 2.14. The van der Waals surface area contributed by atoms with Crippen LogP contribution in [-0.4, -0.2) is 19.7 Å². The van der Waals surface area contributed by atoms with Crippen molar-refractivity contribution >= 4 is 11.0 Å². The van der Waals surface area contributed by atoms with E-state index in [1.165, 1.54) is 0 Å². The molecule has 1 N–H and O–H groups in total. The minimum absolute atomic E-state index is 0.424. The monoisotopic (exact) mass is 237 g/mol. The van der Waals surface area contributed by atoms with Gasteiger partial charge in [0.25, 0.3) is 0 Å². The molecule has 3 rings (SSSR count). The number of hydrogen-bond acceptors (Lipinski definition) is 3. The molecule has 0 spiro atoms. The van der Waals surface area contributed by atoms with Crippen LogP contribution in [0.1, 0.15) is 11.5 Å². The van der Waals surface area contributed by atoms with Crippen molar-refractivity contribution < 1.29 is 0 Å². The number of aromatic amines is 1. The number of nitrogens with one attached hydrogen (secondary N) is 1. The molecule has 2 aromatic heterocycles. The molecule has 88 valence electrons. The fourth-order valence-electron chi connectivity index (χ4n) is 2.09. The van der Waals surface area contributed by atoms with E-state index in [0.29, 0.717) is 5.69 Å². The minimum atomic E-state index is 0.424. The van der Waals surface area contributed by atoms with Crippen molar-refractivity contribution in [2.45, 2.75) is 6.92 Å². The maximum absolute atomic E-state index is 8.86. The molecule has 18 heavy (non-hydrogen) atoms. The van der Waals surface area contributed by atoms with Gasteiger partial charge < -0.3 is 4.98 Å². The average Bonchev–Trinajstić information content (AvgIpc) is 2.89. The lowest BCUT2D eigenvalue weighted by Gasteiger charge is -2.01. The standard InChI is InChI=1S/C13H11N5/c1-8-15-11-4-3-9(5-12(11)16-8)13-6-10(7-14)17-18(13)2/h3-6H,1-2H3,(H,15,16). The van der Waals surface area contributed by atoms with Gasteiger partial charge in [-0.05, 0) is 19.1 Å². The van der Waals surface area contributed by atoms with Crippen LogP contribution in [-0.2, 0) is 7.05 Å². The topological polar surface area (TPSA) is 70.3 Å². The molecule has 0 unspecified atom stereocenters. The number of hydrogen-bond donors (Lipinski definition) is 1. The van der Waals surface area contributed by atoms with Gasteiger partial charge >= 0.3 is 0 Å². The molecule has 0 saturated heterocycles. The van der Waals surface area contributed by atoms with Gasteiger partial charge in [0.2, 0.25) is 0 Å². The Labute approximate surface area is 104 Å². The number of nitrogens with zero attached hydrogens (tertiary/aromatic N) is 4. The first-order valence-corrected chi connectivity index (χ1v) is 5.58. The van der Waals surface area contributed by atoms with Crippen molar-refractivity contribution in [1.29, 1.82) is 5.26 Å². The summed E-state index contributed by atoms with van der Waals surface area (Å²) in [6.07, 6.45) is 0. The van der Waals surface area contributed by atoms with Crippen LogP contribution in [0.2, 0.25) is 0 Å². The van der Waals surface area contributed by atoms with Gasteiger partial charge in [0, 0.05) is 18.7 Å². The quantitative estimate of drug-likeness (QED) is 0.704. The Morgan fingerprint density at radius 2 is 2.17 bits per heavy atom. The Hall–Kier alpha value is -2.61. The second-order valence-electron chi connectivity index (χ2n) is 4.20. The summed E-state index contributed by atoms with van der Waals surface area (Å²) in [6, 6.07) is 9.80. The fraction of sp³-hybridized carbons (Fsp3) is 0.154. The van der Waals surface area contributed by atoms with Crippen molar-refractivity contribution in [1.82, 2.24) is 19.7 Å². The summed E-state index contributed by atoms with van der Waals surface area (Å²) < 4.78 is 1.71. The van der Waals surface area contributed by atoms with Crippen LogP contribution < -0.4 is 0 Å². The first kappa shape index (κ1) is 10.5. The van der Waals surface area contributed by atoms with Gasteiger partial charge in [-0.2, -0.15) is 10.4 Å². The predicted molar refractivity (Wildman–Crippen MR) is 67.7 cm³/mol. The molecule has 0 amide bonds. The number of fused-ring (bicyclic) bond motifs is 1. The van der Waals surface area contributed by atoms with Crippen molar-refractivity contribution in [3.8, 4) is 17.3 Å². The van der Waals surface area contributed by atoms with Crippen molar-refractivity contribution in [2.75, 3.05) is 0 Å². The van der Waals surface area contributed by atoms with Gasteiger partial charge in [-0.15, -0.1) is 0 Å². The largest absolute Gasteiger partial charge is 0.342 e. The van der Waals surface area contributed by atoms with Crippen LogP contribution >= 0.6 is 0 Å². The number of nitriles is 1. The Bertz CT molecular complexity index is 772. The summed E-state index contributed by atoms with van der Waals surface area (Å²) in [5.74, 6) is 0.893. The van der Waals surface area contributed by atoms with E-state index < -0.39 is 0 Å². The molecule has 5 heteroatoms. The molecular formula is C13H11N5. The van der Waals surface area contributed by atoms with Crippen molar-refractivity contribution in [2.24, 2.45) is 7.05 Å². The summed E-state index contributed by atoms with van der Waals surface area (Å²) in [7, 11) is 1.83. The number of H-pyrrole nitrogens is 1. The van der Waals surface area contributed by atoms with E-state index in [1.54, 1.807) is 10.7 Å². The maximum Gasteiger partial charge on any atom is 0.163 e. The normalized spacial score (nSPS) is 10.7. The second-order valence-corrected chi connectivity index (χ2v) is 4.20. The van der Waals surface area contributed by atoms with Gasteiger partial charge in [-0.3, -0.25) is 4.68 Å². The minimum Gasteiger partial charge on any atom is -0.342 e. The van der Waals surface area contributed by atoms with E-state index in [4.69, 9.17) is 5.26 Å². The highest BCUT2D eigenvalue weighted by Gasteiger charge is 2.08. The third-order valence-electron chi connectivity index (χ3n) is 2.89. The van der Waals surface area contributed by atoms with E-state index >= 15 is 0 Å². The van der Waals surface area contributed by atoms with Gasteiger partial charge in [0.1, 0.15) is 11.9 Å². The van der Waals surface area contributed by atoms with E-state index in [0.717, 1.165) is 28.1 Å². The van der Waals surface area contributed by atoms with Crippen LogP contribution in [0.4, 0.5) is 0 Å². The van der Waals surface area contributed by atoms with Gasteiger partial charge in [-0.1, -0.05) is 6.07 Å². The molecule has 1 aromatic carbocycles. The zero-order valence-corrected chi connectivity index (χ0v) is 10.1.